The third-order valence-electron chi connectivity index (χ3n) is 5.66. The molecular formula is C23H27N5O2S. The number of piperazine rings is 1. The van der Waals surface area contributed by atoms with Crippen molar-refractivity contribution in [3.63, 3.8) is 0 Å². The maximum Gasteiger partial charge on any atom is 0.227 e. The summed E-state index contributed by atoms with van der Waals surface area (Å²) in [5.74, 6) is 0.434. The van der Waals surface area contributed by atoms with Crippen molar-refractivity contribution in [2.45, 2.75) is 30.6 Å². The van der Waals surface area contributed by atoms with Gasteiger partial charge in [-0.25, -0.2) is 13.4 Å². The van der Waals surface area contributed by atoms with Crippen LogP contribution in [0.1, 0.15) is 16.7 Å². The van der Waals surface area contributed by atoms with Crippen molar-refractivity contribution in [1.29, 1.82) is 0 Å². The van der Waals surface area contributed by atoms with Crippen molar-refractivity contribution in [3.05, 3.63) is 65.4 Å². The molecule has 0 aliphatic carbocycles. The fourth-order valence-electron chi connectivity index (χ4n) is 3.79. The highest BCUT2D eigenvalue weighted by Crippen LogP contribution is 2.27. The van der Waals surface area contributed by atoms with Gasteiger partial charge in [-0.15, -0.1) is 0 Å². The zero-order chi connectivity index (χ0) is 22.2. The van der Waals surface area contributed by atoms with Gasteiger partial charge in [-0.3, -0.25) is 0 Å². The third kappa shape index (κ3) is 4.20. The summed E-state index contributed by atoms with van der Waals surface area (Å²) in [5.41, 5.74) is 10.8. The molecule has 2 heterocycles. The summed E-state index contributed by atoms with van der Waals surface area (Å²) < 4.78 is 25.9. The van der Waals surface area contributed by atoms with E-state index < -0.39 is 9.84 Å². The van der Waals surface area contributed by atoms with Gasteiger partial charge in [0.2, 0.25) is 15.8 Å². The summed E-state index contributed by atoms with van der Waals surface area (Å²) in [6.07, 6.45) is 1.32. The highest BCUT2D eigenvalue weighted by atomic mass is 32.2. The molecule has 7 nitrogen and oxygen atoms in total. The first-order chi connectivity index (χ1) is 14.8. The number of hydrogen-bond donors (Lipinski definition) is 1. The second-order valence-corrected chi connectivity index (χ2v) is 9.92. The average Bonchev–Trinajstić information content (AvgIpc) is 2.75. The number of aryl methyl sites for hydroxylation is 3. The molecule has 8 heteroatoms. The summed E-state index contributed by atoms with van der Waals surface area (Å²) in [6.45, 7) is 9.25. The summed E-state index contributed by atoms with van der Waals surface area (Å²) in [4.78, 5) is 13.2. The van der Waals surface area contributed by atoms with E-state index in [9.17, 15) is 8.42 Å². The van der Waals surface area contributed by atoms with Crippen LogP contribution in [0.25, 0.3) is 0 Å². The lowest BCUT2D eigenvalue weighted by Crippen LogP contribution is -2.47. The Hall–Kier alpha value is -3.13. The first-order valence-corrected chi connectivity index (χ1v) is 11.8. The number of nitrogen functional groups attached to an aromatic ring is 1. The SMILES string of the molecule is Cc1ccc(S(=O)(=O)c2cnc(N3CCN(c4cc(C)ccc4C)CC3)nc2N)cc1. The lowest BCUT2D eigenvalue weighted by Gasteiger charge is -2.37. The van der Waals surface area contributed by atoms with Gasteiger partial charge in [-0.1, -0.05) is 29.8 Å². The Morgan fingerprint density at radius 2 is 1.48 bits per heavy atom. The molecule has 0 spiro atoms. The van der Waals surface area contributed by atoms with Gasteiger partial charge in [-0.05, 0) is 50.1 Å². The van der Waals surface area contributed by atoms with Crippen LogP contribution in [-0.4, -0.2) is 44.6 Å². The van der Waals surface area contributed by atoms with Crippen LogP contribution in [0, 0.1) is 20.8 Å². The molecule has 31 heavy (non-hydrogen) atoms. The van der Waals surface area contributed by atoms with Crippen LogP contribution in [0.2, 0.25) is 0 Å². The van der Waals surface area contributed by atoms with Crippen LogP contribution >= 0.6 is 0 Å². The van der Waals surface area contributed by atoms with Gasteiger partial charge < -0.3 is 15.5 Å². The third-order valence-corrected chi connectivity index (χ3v) is 7.45. The standard InChI is InChI=1S/C23H27N5O2S/c1-16-5-8-19(9-6-16)31(29,30)21-15-25-23(26-22(21)24)28-12-10-27(11-13-28)20-14-17(2)4-7-18(20)3/h4-9,14-15H,10-13H2,1-3H3,(H2,24,25,26). The van der Waals surface area contributed by atoms with Crippen LogP contribution in [-0.2, 0) is 9.84 Å². The number of nitrogens with two attached hydrogens (primary N) is 1. The first kappa shape index (κ1) is 21.1. The van der Waals surface area contributed by atoms with E-state index in [4.69, 9.17) is 5.73 Å². The topological polar surface area (TPSA) is 92.4 Å². The lowest BCUT2D eigenvalue weighted by molar-refractivity contribution is 0.595. The van der Waals surface area contributed by atoms with Crippen LogP contribution in [0.3, 0.4) is 0 Å². The van der Waals surface area contributed by atoms with E-state index >= 15 is 0 Å². The van der Waals surface area contributed by atoms with E-state index in [0.29, 0.717) is 5.95 Å². The van der Waals surface area contributed by atoms with E-state index in [1.54, 1.807) is 24.3 Å². The van der Waals surface area contributed by atoms with E-state index in [2.05, 4.69) is 46.9 Å². The molecule has 0 saturated carbocycles. The second-order valence-electron chi connectivity index (χ2n) is 8.00. The largest absolute Gasteiger partial charge is 0.382 e. The minimum Gasteiger partial charge on any atom is -0.382 e. The molecule has 1 aromatic heterocycles. The van der Waals surface area contributed by atoms with Gasteiger partial charge in [0.25, 0.3) is 0 Å². The monoisotopic (exact) mass is 437 g/mol. The Morgan fingerprint density at radius 3 is 2.13 bits per heavy atom. The number of rotatable bonds is 4. The van der Waals surface area contributed by atoms with E-state index in [1.165, 1.54) is 23.0 Å². The Balaban J connectivity index is 1.51. The Morgan fingerprint density at radius 1 is 0.871 bits per heavy atom. The molecule has 1 fully saturated rings. The van der Waals surface area contributed by atoms with Crippen LogP contribution < -0.4 is 15.5 Å². The van der Waals surface area contributed by atoms with E-state index in [0.717, 1.165) is 31.7 Å². The minimum absolute atomic E-state index is 0.0254. The van der Waals surface area contributed by atoms with Crippen LogP contribution in [0.15, 0.2) is 58.5 Å². The molecule has 162 valence electrons. The summed E-state index contributed by atoms with van der Waals surface area (Å²) in [6, 6.07) is 13.1. The summed E-state index contributed by atoms with van der Waals surface area (Å²) in [7, 11) is -3.76. The molecule has 1 aliphatic rings. The fraction of sp³-hybridized carbons (Fsp3) is 0.304. The quantitative estimate of drug-likeness (QED) is 0.670. The van der Waals surface area contributed by atoms with E-state index in [1.807, 2.05) is 11.8 Å². The second kappa shape index (κ2) is 8.19. The molecule has 2 N–H and O–H groups in total. The van der Waals surface area contributed by atoms with Crippen molar-refractivity contribution < 1.29 is 8.42 Å². The number of benzene rings is 2. The van der Waals surface area contributed by atoms with Crippen LogP contribution in [0.5, 0.6) is 0 Å². The van der Waals surface area contributed by atoms with Gasteiger partial charge in [0.15, 0.2) is 0 Å². The molecule has 0 radical (unpaired) electrons. The molecule has 2 aromatic carbocycles. The molecule has 0 atom stereocenters. The smallest absolute Gasteiger partial charge is 0.227 e. The Labute approximate surface area is 183 Å². The molecule has 4 rings (SSSR count). The minimum atomic E-state index is -3.76. The van der Waals surface area contributed by atoms with Gasteiger partial charge >= 0.3 is 0 Å². The van der Waals surface area contributed by atoms with Gasteiger partial charge in [0.05, 0.1) is 11.1 Å². The van der Waals surface area contributed by atoms with Gasteiger partial charge in [0, 0.05) is 31.9 Å². The summed E-state index contributed by atoms with van der Waals surface area (Å²) >= 11 is 0. The molecular weight excluding hydrogens is 410 g/mol. The number of hydrogen-bond acceptors (Lipinski definition) is 7. The average molecular weight is 438 g/mol. The highest BCUT2D eigenvalue weighted by molar-refractivity contribution is 7.91. The normalized spacial score (nSPS) is 14.7. The molecule has 0 unspecified atom stereocenters. The number of nitrogens with zero attached hydrogens (tertiary/aromatic N) is 4. The van der Waals surface area contributed by atoms with Crippen LogP contribution in [0.4, 0.5) is 17.5 Å². The zero-order valence-electron chi connectivity index (χ0n) is 18.0. The zero-order valence-corrected chi connectivity index (χ0v) is 18.9. The predicted molar refractivity (Wildman–Crippen MR) is 123 cm³/mol. The Bertz CT molecular complexity index is 1200. The van der Waals surface area contributed by atoms with Crippen molar-refractivity contribution in [2.24, 2.45) is 0 Å². The van der Waals surface area contributed by atoms with Crippen molar-refractivity contribution in [3.8, 4) is 0 Å². The fourth-order valence-corrected chi connectivity index (χ4v) is 5.05. The highest BCUT2D eigenvalue weighted by Gasteiger charge is 2.25. The molecule has 3 aromatic rings. The number of sulfone groups is 1. The Kier molecular flexibility index (Phi) is 5.58. The first-order valence-electron chi connectivity index (χ1n) is 10.3. The number of anilines is 3. The maximum absolute atomic E-state index is 12.9. The lowest BCUT2D eigenvalue weighted by atomic mass is 10.1. The molecule has 0 amide bonds. The predicted octanol–water partition coefficient (Wildman–Crippen LogP) is 3.14. The van der Waals surface area contributed by atoms with Crippen molar-refractivity contribution in [2.75, 3.05) is 41.7 Å². The van der Waals surface area contributed by atoms with Gasteiger partial charge in [-0.2, -0.15) is 4.98 Å². The summed E-state index contributed by atoms with van der Waals surface area (Å²) in [5, 5.41) is 0. The molecule has 0 bridgehead atoms. The van der Waals surface area contributed by atoms with E-state index in [-0.39, 0.29) is 15.6 Å². The van der Waals surface area contributed by atoms with Crippen molar-refractivity contribution in [1.82, 2.24) is 9.97 Å². The number of aromatic nitrogens is 2. The van der Waals surface area contributed by atoms with Gasteiger partial charge in [0.1, 0.15) is 10.7 Å². The maximum atomic E-state index is 12.9. The molecule has 1 saturated heterocycles. The van der Waals surface area contributed by atoms with Crippen molar-refractivity contribution >= 4 is 27.3 Å². The molecule has 1 aliphatic heterocycles.